The number of fused-ring (bicyclic) bond motifs is 3. The van der Waals surface area contributed by atoms with Gasteiger partial charge in [-0.3, -0.25) is 9.69 Å². The number of rotatable bonds is 3. The molecule has 162 valence electrons. The Kier molecular flexibility index (Phi) is 4.90. The summed E-state index contributed by atoms with van der Waals surface area (Å²) in [4.78, 5) is 15.0. The van der Waals surface area contributed by atoms with Crippen LogP contribution in [0.15, 0.2) is 42.2 Å². The molecule has 3 aliphatic rings. The minimum Gasteiger partial charge on any atom is -0.478 e. The van der Waals surface area contributed by atoms with E-state index in [4.69, 9.17) is 9.47 Å². The van der Waals surface area contributed by atoms with Gasteiger partial charge in [0.2, 0.25) is 5.78 Å². The molecule has 31 heavy (non-hydrogen) atoms. The van der Waals surface area contributed by atoms with E-state index in [0.717, 1.165) is 11.1 Å². The Labute approximate surface area is 182 Å². The quantitative estimate of drug-likeness (QED) is 0.678. The van der Waals surface area contributed by atoms with E-state index in [0.29, 0.717) is 48.4 Å². The molecule has 0 aromatic heterocycles. The SMILES string of the molecule is CC(C)c1ccc(/C=C2\Oc3c(ccc4c3CN(C3CCS(=O)(=O)C3)CO4)C2=O)cc1. The number of hydrogen-bond acceptors (Lipinski definition) is 6. The van der Waals surface area contributed by atoms with E-state index in [9.17, 15) is 13.2 Å². The molecule has 0 radical (unpaired) electrons. The molecule has 6 nitrogen and oxygen atoms in total. The largest absolute Gasteiger partial charge is 0.478 e. The van der Waals surface area contributed by atoms with Gasteiger partial charge in [0.25, 0.3) is 0 Å². The lowest BCUT2D eigenvalue weighted by atomic mass is 10.0. The fourth-order valence-corrected chi connectivity index (χ4v) is 6.16. The number of ether oxygens (including phenoxy) is 2. The number of allylic oxidation sites excluding steroid dienone is 1. The first-order valence-corrected chi connectivity index (χ1v) is 12.4. The van der Waals surface area contributed by atoms with Crippen LogP contribution in [0.2, 0.25) is 0 Å². The first kappa shape index (κ1) is 20.3. The molecule has 2 aromatic rings. The van der Waals surface area contributed by atoms with Gasteiger partial charge in [-0.15, -0.1) is 0 Å². The summed E-state index contributed by atoms with van der Waals surface area (Å²) in [6.45, 7) is 5.12. The molecule has 0 saturated carbocycles. The van der Waals surface area contributed by atoms with E-state index in [-0.39, 0.29) is 23.3 Å². The van der Waals surface area contributed by atoms with E-state index in [1.807, 2.05) is 17.0 Å². The van der Waals surface area contributed by atoms with Gasteiger partial charge >= 0.3 is 0 Å². The predicted molar refractivity (Wildman–Crippen MR) is 118 cm³/mol. The predicted octanol–water partition coefficient (Wildman–Crippen LogP) is 3.77. The molecule has 5 rings (SSSR count). The van der Waals surface area contributed by atoms with Crippen molar-refractivity contribution in [2.24, 2.45) is 0 Å². The van der Waals surface area contributed by atoms with Crippen molar-refractivity contribution in [3.63, 3.8) is 0 Å². The molecule has 3 heterocycles. The number of carbonyl (C=O) groups is 1. The van der Waals surface area contributed by atoms with Crippen molar-refractivity contribution >= 4 is 21.7 Å². The third-order valence-corrected chi connectivity index (χ3v) is 8.02. The Morgan fingerprint density at radius 2 is 1.90 bits per heavy atom. The van der Waals surface area contributed by atoms with E-state index < -0.39 is 9.84 Å². The molecule has 7 heteroatoms. The summed E-state index contributed by atoms with van der Waals surface area (Å²) >= 11 is 0. The van der Waals surface area contributed by atoms with Gasteiger partial charge in [-0.05, 0) is 41.7 Å². The number of carbonyl (C=O) groups excluding carboxylic acids is 1. The number of ketones is 1. The number of benzene rings is 2. The molecule has 1 unspecified atom stereocenters. The molecule has 3 aliphatic heterocycles. The maximum absolute atomic E-state index is 13.0. The van der Waals surface area contributed by atoms with Gasteiger partial charge in [-0.25, -0.2) is 8.42 Å². The number of sulfone groups is 1. The van der Waals surface area contributed by atoms with Crippen LogP contribution >= 0.6 is 0 Å². The average Bonchev–Trinajstić information content (AvgIpc) is 3.27. The smallest absolute Gasteiger partial charge is 0.231 e. The van der Waals surface area contributed by atoms with Gasteiger partial charge in [0.15, 0.2) is 15.6 Å². The normalized spacial score (nSPS) is 23.5. The van der Waals surface area contributed by atoms with Crippen LogP contribution < -0.4 is 9.47 Å². The van der Waals surface area contributed by atoms with E-state index in [1.54, 1.807) is 18.2 Å². The van der Waals surface area contributed by atoms with Crippen molar-refractivity contribution < 1.29 is 22.7 Å². The molecule has 2 aromatic carbocycles. The maximum Gasteiger partial charge on any atom is 0.231 e. The standard InChI is InChI=1S/C24H25NO5S/c1-15(2)17-5-3-16(4-6-17)11-22-23(26)19-7-8-21-20(24(19)30-22)12-25(14-29-21)18-9-10-31(27,28)13-18/h3-8,11,15,18H,9-10,12-14H2,1-2H3/b22-11-. The van der Waals surface area contributed by atoms with Crippen LogP contribution in [-0.2, 0) is 16.4 Å². The van der Waals surface area contributed by atoms with E-state index in [2.05, 4.69) is 26.0 Å². The summed E-state index contributed by atoms with van der Waals surface area (Å²) in [5, 5.41) is 0. The lowest BCUT2D eigenvalue weighted by Gasteiger charge is -2.33. The molecule has 1 saturated heterocycles. The second kappa shape index (κ2) is 7.50. The first-order valence-electron chi connectivity index (χ1n) is 10.6. The highest BCUT2D eigenvalue weighted by Gasteiger charge is 2.38. The first-order chi connectivity index (χ1) is 14.8. The third kappa shape index (κ3) is 3.77. The average molecular weight is 440 g/mol. The summed E-state index contributed by atoms with van der Waals surface area (Å²) in [6.07, 6.45) is 2.37. The maximum atomic E-state index is 13.0. The molecule has 0 spiro atoms. The Hall–Kier alpha value is -2.64. The summed E-state index contributed by atoms with van der Waals surface area (Å²) in [5.74, 6) is 2.17. The minimum absolute atomic E-state index is 0.0689. The Morgan fingerprint density at radius 3 is 2.58 bits per heavy atom. The fraction of sp³-hybridized carbons (Fsp3) is 0.375. The highest BCUT2D eigenvalue weighted by atomic mass is 32.2. The number of hydrogen-bond donors (Lipinski definition) is 0. The van der Waals surface area contributed by atoms with Crippen LogP contribution in [0.3, 0.4) is 0 Å². The molecular formula is C24H25NO5S. The molecule has 0 bridgehead atoms. The fourth-order valence-electron chi connectivity index (χ4n) is 4.40. The number of Topliss-reactive ketones (excluding diaryl/α,β-unsaturated/α-hetero) is 1. The van der Waals surface area contributed by atoms with Crippen LogP contribution in [0.5, 0.6) is 11.5 Å². The van der Waals surface area contributed by atoms with Gasteiger partial charge in [-0.1, -0.05) is 38.1 Å². The summed E-state index contributed by atoms with van der Waals surface area (Å²) < 4.78 is 35.7. The zero-order valence-corrected chi connectivity index (χ0v) is 18.4. The van der Waals surface area contributed by atoms with Crippen LogP contribution in [0.1, 0.15) is 53.2 Å². The molecule has 0 N–H and O–H groups in total. The van der Waals surface area contributed by atoms with Crippen LogP contribution in [0.25, 0.3) is 6.08 Å². The van der Waals surface area contributed by atoms with Crippen LogP contribution in [0.4, 0.5) is 0 Å². The van der Waals surface area contributed by atoms with E-state index in [1.165, 1.54) is 5.56 Å². The highest BCUT2D eigenvalue weighted by molar-refractivity contribution is 7.91. The Morgan fingerprint density at radius 1 is 1.13 bits per heavy atom. The Bertz CT molecular complexity index is 1180. The molecular weight excluding hydrogens is 414 g/mol. The van der Waals surface area contributed by atoms with Gasteiger partial charge < -0.3 is 9.47 Å². The zero-order chi connectivity index (χ0) is 21.8. The molecule has 1 atom stereocenters. The van der Waals surface area contributed by atoms with Crippen molar-refractivity contribution in [1.29, 1.82) is 0 Å². The van der Waals surface area contributed by atoms with Crippen molar-refractivity contribution in [1.82, 2.24) is 4.90 Å². The summed E-state index contributed by atoms with van der Waals surface area (Å²) in [6, 6.07) is 11.6. The van der Waals surface area contributed by atoms with Crippen LogP contribution in [0, 0.1) is 0 Å². The Balaban J connectivity index is 1.42. The van der Waals surface area contributed by atoms with Gasteiger partial charge in [0.1, 0.15) is 18.2 Å². The zero-order valence-electron chi connectivity index (χ0n) is 17.6. The summed E-state index contributed by atoms with van der Waals surface area (Å²) in [5.41, 5.74) is 3.47. The van der Waals surface area contributed by atoms with Crippen molar-refractivity contribution in [2.45, 2.75) is 38.8 Å². The lowest BCUT2D eigenvalue weighted by molar-refractivity contribution is 0.0634. The minimum atomic E-state index is -2.99. The summed E-state index contributed by atoms with van der Waals surface area (Å²) in [7, 11) is -2.99. The number of nitrogens with zero attached hydrogens (tertiary/aromatic N) is 1. The van der Waals surface area contributed by atoms with Gasteiger partial charge in [-0.2, -0.15) is 0 Å². The van der Waals surface area contributed by atoms with Crippen LogP contribution in [-0.4, -0.2) is 43.4 Å². The van der Waals surface area contributed by atoms with Crippen molar-refractivity contribution in [2.75, 3.05) is 18.2 Å². The van der Waals surface area contributed by atoms with Gasteiger partial charge in [0.05, 0.1) is 22.6 Å². The second-order valence-corrected chi connectivity index (χ2v) is 11.0. The molecule has 1 fully saturated rings. The second-order valence-electron chi connectivity index (χ2n) is 8.76. The van der Waals surface area contributed by atoms with E-state index >= 15 is 0 Å². The monoisotopic (exact) mass is 439 g/mol. The third-order valence-electron chi connectivity index (χ3n) is 6.27. The lowest BCUT2D eigenvalue weighted by Crippen LogP contribution is -2.41. The molecule has 0 amide bonds. The van der Waals surface area contributed by atoms with Gasteiger partial charge in [0, 0.05) is 12.6 Å². The van der Waals surface area contributed by atoms with Crippen molar-refractivity contribution in [3.8, 4) is 11.5 Å². The highest BCUT2D eigenvalue weighted by Crippen LogP contribution is 2.42. The topological polar surface area (TPSA) is 72.9 Å². The van der Waals surface area contributed by atoms with Crippen molar-refractivity contribution in [3.05, 3.63) is 64.4 Å². The molecule has 0 aliphatic carbocycles.